The second kappa shape index (κ2) is 7.64. The molecule has 0 aliphatic rings. The van der Waals surface area contributed by atoms with E-state index in [0.717, 1.165) is 22.4 Å². The first-order valence-electron chi connectivity index (χ1n) is 9.94. The van der Waals surface area contributed by atoms with Crippen LogP contribution in [0.25, 0.3) is 16.7 Å². The minimum absolute atomic E-state index is 0.151. The first-order valence-corrected chi connectivity index (χ1v) is 9.94. The summed E-state index contributed by atoms with van der Waals surface area (Å²) in [6.45, 7) is 4.20. The lowest BCUT2D eigenvalue weighted by atomic mass is 10.1. The smallest absolute Gasteiger partial charge is 0.264 e. The van der Waals surface area contributed by atoms with Crippen molar-refractivity contribution in [3.05, 3.63) is 99.8 Å². The molecule has 3 aromatic heterocycles. The van der Waals surface area contributed by atoms with E-state index in [9.17, 15) is 4.79 Å². The van der Waals surface area contributed by atoms with E-state index in [1.165, 1.54) is 10.9 Å². The van der Waals surface area contributed by atoms with Gasteiger partial charge in [0.25, 0.3) is 5.56 Å². The molecule has 154 valence electrons. The van der Waals surface area contributed by atoms with Gasteiger partial charge in [0.05, 0.1) is 11.9 Å². The van der Waals surface area contributed by atoms with Crippen LogP contribution in [0.15, 0.2) is 70.4 Å². The fourth-order valence-electron chi connectivity index (χ4n) is 3.67. The van der Waals surface area contributed by atoms with Crippen molar-refractivity contribution in [2.75, 3.05) is 0 Å². The van der Waals surface area contributed by atoms with Crippen LogP contribution in [-0.4, -0.2) is 29.5 Å². The van der Waals surface area contributed by atoms with Gasteiger partial charge in [-0.25, -0.2) is 9.67 Å². The number of aryl methyl sites for hydroxylation is 2. The lowest BCUT2D eigenvalue weighted by Crippen LogP contribution is -2.21. The highest BCUT2D eigenvalue weighted by Crippen LogP contribution is 2.17. The summed E-state index contributed by atoms with van der Waals surface area (Å²) in [7, 11) is 0. The van der Waals surface area contributed by atoms with Crippen LogP contribution in [0.2, 0.25) is 0 Å². The first-order chi connectivity index (χ1) is 15.1. The van der Waals surface area contributed by atoms with Gasteiger partial charge in [0, 0.05) is 6.42 Å². The third kappa shape index (κ3) is 3.75. The van der Waals surface area contributed by atoms with Gasteiger partial charge in [-0.3, -0.25) is 9.36 Å². The van der Waals surface area contributed by atoms with Gasteiger partial charge < -0.3 is 4.52 Å². The van der Waals surface area contributed by atoms with E-state index in [1.54, 1.807) is 10.9 Å². The Kier molecular flexibility index (Phi) is 4.66. The van der Waals surface area contributed by atoms with Gasteiger partial charge in [0.1, 0.15) is 18.3 Å². The minimum Gasteiger partial charge on any atom is -0.337 e. The van der Waals surface area contributed by atoms with Crippen LogP contribution >= 0.6 is 0 Å². The number of nitrogens with zero attached hydrogens (tertiary/aromatic N) is 6. The Labute approximate surface area is 177 Å². The summed E-state index contributed by atoms with van der Waals surface area (Å²) >= 11 is 0. The number of hydrogen-bond donors (Lipinski definition) is 0. The Morgan fingerprint density at radius 2 is 1.81 bits per heavy atom. The van der Waals surface area contributed by atoms with E-state index in [-0.39, 0.29) is 12.1 Å². The number of benzene rings is 2. The predicted molar refractivity (Wildman–Crippen MR) is 115 cm³/mol. The third-order valence-electron chi connectivity index (χ3n) is 5.03. The maximum absolute atomic E-state index is 13.0. The second-order valence-corrected chi connectivity index (χ2v) is 7.58. The van der Waals surface area contributed by atoms with Crippen molar-refractivity contribution in [1.82, 2.24) is 29.5 Å². The van der Waals surface area contributed by atoms with Crippen molar-refractivity contribution in [3.63, 3.8) is 0 Å². The van der Waals surface area contributed by atoms with Crippen LogP contribution in [-0.2, 0) is 13.0 Å². The summed E-state index contributed by atoms with van der Waals surface area (Å²) in [5.41, 5.74) is 4.52. The van der Waals surface area contributed by atoms with Crippen molar-refractivity contribution in [2.24, 2.45) is 0 Å². The molecule has 0 spiro atoms. The molecule has 0 saturated carbocycles. The molecule has 0 saturated heterocycles. The maximum Gasteiger partial charge on any atom is 0.264 e. The molecule has 0 aliphatic carbocycles. The molecule has 0 fully saturated rings. The van der Waals surface area contributed by atoms with E-state index >= 15 is 0 Å². The molecule has 0 aliphatic heterocycles. The lowest BCUT2D eigenvalue weighted by molar-refractivity contribution is 0.365. The van der Waals surface area contributed by atoms with Gasteiger partial charge in [0.15, 0.2) is 11.5 Å². The van der Waals surface area contributed by atoms with E-state index in [4.69, 9.17) is 4.52 Å². The number of hydrogen-bond acceptors (Lipinski definition) is 6. The molecule has 5 rings (SSSR count). The van der Waals surface area contributed by atoms with Crippen molar-refractivity contribution < 1.29 is 4.52 Å². The van der Waals surface area contributed by atoms with Crippen LogP contribution in [0.3, 0.4) is 0 Å². The van der Waals surface area contributed by atoms with Crippen LogP contribution < -0.4 is 5.56 Å². The summed E-state index contributed by atoms with van der Waals surface area (Å²) in [6.07, 6.45) is 3.61. The molecule has 5 aromatic rings. The van der Waals surface area contributed by atoms with Crippen LogP contribution in [0.5, 0.6) is 0 Å². The fourth-order valence-corrected chi connectivity index (χ4v) is 3.67. The van der Waals surface area contributed by atoms with Crippen molar-refractivity contribution >= 4 is 11.0 Å². The zero-order valence-electron chi connectivity index (χ0n) is 17.2. The summed E-state index contributed by atoms with van der Waals surface area (Å²) in [5.74, 6) is 0.932. The van der Waals surface area contributed by atoms with Crippen LogP contribution in [0.4, 0.5) is 0 Å². The minimum atomic E-state index is -0.205. The normalized spacial score (nSPS) is 11.3. The average molecular weight is 412 g/mol. The zero-order chi connectivity index (χ0) is 21.4. The molecule has 8 nitrogen and oxygen atoms in total. The predicted octanol–water partition coefficient (Wildman–Crippen LogP) is 3.22. The van der Waals surface area contributed by atoms with Crippen molar-refractivity contribution in [3.8, 4) is 5.69 Å². The summed E-state index contributed by atoms with van der Waals surface area (Å²) in [4.78, 5) is 21.9. The van der Waals surface area contributed by atoms with E-state index in [2.05, 4.69) is 26.3 Å². The van der Waals surface area contributed by atoms with Gasteiger partial charge >= 0.3 is 0 Å². The monoisotopic (exact) mass is 412 g/mol. The molecule has 2 aromatic carbocycles. The number of aromatic nitrogens is 6. The average Bonchev–Trinajstić information content (AvgIpc) is 3.37. The molecule has 3 heterocycles. The van der Waals surface area contributed by atoms with E-state index < -0.39 is 0 Å². The Hall–Kier alpha value is -4.07. The third-order valence-corrected chi connectivity index (χ3v) is 5.03. The van der Waals surface area contributed by atoms with Gasteiger partial charge in [0.2, 0.25) is 5.89 Å². The molecule has 8 heteroatoms. The number of fused-ring (bicyclic) bond motifs is 1. The summed E-state index contributed by atoms with van der Waals surface area (Å²) in [5, 5.41) is 8.85. The topological polar surface area (TPSA) is 91.6 Å². The molecule has 0 atom stereocenters. The van der Waals surface area contributed by atoms with E-state index in [1.807, 2.05) is 56.3 Å². The molecule has 0 unspecified atom stereocenters. The lowest BCUT2D eigenvalue weighted by Gasteiger charge is -2.06. The fraction of sp³-hybridized carbons (Fsp3) is 0.174. The van der Waals surface area contributed by atoms with Crippen molar-refractivity contribution in [1.29, 1.82) is 0 Å². The summed E-state index contributed by atoms with van der Waals surface area (Å²) < 4.78 is 8.48. The largest absolute Gasteiger partial charge is 0.337 e. The highest BCUT2D eigenvalue weighted by Gasteiger charge is 2.14. The Balaban J connectivity index is 1.43. The highest BCUT2D eigenvalue weighted by molar-refractivity contribution is 5.75. The van der Waals surface area contributed by atoms with Gasteiger partial charge in [-0.2, -0.15) is 10.1 Å². The molecular weight excluding hydrogens is 392 g/mol. The van der Waals surface area contributed by atoms with E-state index in [0.29, 0.717) is 29.2 Å². The maximum atomic E-state index is 13.0. The standard InChI is InChI=1S/C23H20N6O2/c1-15-8-16(2)10-18(9-15)29-22-19(12-25-29)23(30)28(14-24-22)13-21-26-20(27-31-21)11-17-6-4-3-5-7-17/h3-10,12,14H,11,13H2,1-2H3. The van der Waals surface area contributed by atoms with Crippen molar-refractivity contribution in [2.45, 2.75) is 26.8 Å². The molecular formula is C23H20N6O2. The Morgan fingerprint density at radius 3 is 2.58 bits per heavy atom. The quantitative estimate of drug-likeness (QED) is 0.440. The van der Waals surface area contributed by atoms with Crippen LogP contribution in [0.1, 0.15) is 28.4 Å². The molecule has 0 amide bonds. The molecule has 0 radical (unpaired) electrons. The van der Waals surface area contributed by atoms with Gasteiger partial charge in [-0.1, -0.05) is 41.6 Å². The molecule has 0 bridgehead atoms. The van der Waals surface area contributed by atoms with Gasteiger partial charge in [-0.15, -0.1) is 0 Å². The molecule has 31 heavy (non-hydrogen) atoms. The van der Waals surface area contributed by atoms with Gasteiger partial charge in [-0.05, 0) is 42.7 Å². The summed E-state index contributed by atoms with van der Waals surface area (Å²) in [6, 6.07) is 16.0. The highest BCUT2D eigenvalue weighted by atomic mass is 16.5. The Morgan fingerprint density at radius 1 is 1.03 bits per heavy atom. The SMILES string of the molecule is Cc1cc(C)cc(-n2ncc3c(=O)n(Cc4nc(Cc5ccccc5)no4)cnc32)c1. The Bertz CT molecular complexity index is 1410. The van der Waals surface area contributed by atoms with Crippen LogP contribution in [0, 0.1) is 13.8 Å². The molecule has 0 N–H and O–H groups in total. The number of rotatable bonds is 5. The first kappa shape index (κ1) is 18.9. The second-order valence-electron chi connectivity index (χ2n) is 7.58. The zero-order valence-corrected chi connectivity index (χ0v) is 17.2.